The summed E-state index contributed by atoms with van der Waals surface area (Å²) >= 11 is 0. The van der Waals surface area contributed by atoms with Gasteiger partial charge >= 0.3 is 0 Å². The minimum absolute atomic E-state index is 0.0344. The van der Waals surface area contributed by atoms with E-state index >= 15 is 0 Å². The number of nitrogens with zero attached hydrogens (tertiary/aromatic N) is 1. The van der Waals surface area contributed by atoms with Gasteiger partial charge in [-0.15, -0.1) is 0 Å². The van der Waals surface area contributed by atoms with E-state index in [0.29, 0.717) is 30.0 Å². The van der Waals surface area contributed by atoms with E-state index in [1.54, 1.807) is 35.2 Å². The highest BCUT2D eigenvalue weighted by Gasteiger charge is 2.29. The second-order valence-electron chi connectivity index (χ2n) is 7.01. The second kappa shape index (κ2) is 8.77. The molecule has 3 rings (SSSR count). The lowest BCUT2D eigenvalue weighted by Gasteiger charge is -2.19. The van der Waals surface area contributed by atoms with Crippen molar-refractivity contribution in [3.8, 4) is 5.75 Å². The van der Waals surface area contributed by atoms with Gasteiger partial charge < -0.3 is 20.6 Å². The number of nitrogens with one attached hydrogen (secondary N) is 2. The summed E-state index contributed by atoms with van der Waals surface area (Å²) in [6.07, 6.45) is 1.75. The zero-order valence-corrected chi connectivity index (χ0v) is 16.6. The van der Waals surface area contributed by atoms with Crippen LogP contribution < -0.4 is 10.6 Å². The predicted octanol–water partition coefficient (Wildman–Crippen LogP) is 3.48. The van der Waals surface area contributed by atoms with Crippen LogP contribution in [-0.4, -0.2) is 40.8 Å². The molecule has 0 saturated heterocycles. The lowest BCUT2D eigenvalue weighted by Crippen LogP contribution is -2.30. The molecule has 152 valence electrons. The van der Waals surface area contributed by atoms with E-state index in [0.717, 1.165) is 12.8 Å². The van der Waals surface area contributed by atoms with Crippen molar-refractivity contribution in [2.24, 2.45) is 5.92 Å². The third kappa shape index (κ3) is 4.93. The number of benzene rings is 2. The van der Waals surface area contributed by atoms with Gasteiger partial charge in [0.2, 0.25) is 5.91 Å². The van der Waals surface area contributed by atoms with Gasteiger partial charge in [0.15, 0.2) is 0 Å². The van der Waals surface area contributed by atoms with Gasteiger partial charge in [-0.05, 0) is 63.1 Å². The number of anilines is 2. The van der Waals surface area contributed by atoms with E-state index in [4.69, 9.17) is 0 Å². The van der Waals surface area contributed by atoms with E-state index in [9.17, 15) is 19.5 Å². The van der Waals surface area contributed by atoms with Gasteiger partial charge in [-0.3, -0.25) is 14.4 Å². The van der Waals surface area contributed by atoms with Gasteiger partial charge in [0.1, 0.15) is 5.75 Å². The molecular formula is C22H25N3O4. The van der Waals surface area contributed by atoms with Crippen LogP contribution in [-0.2, 0) is 4.79 Å². The highest BCUT2D eigenvalue weighted by atomic mass is 16.3. The van der Waals surface area contributed by atoms with E-state index in [1.165, 1.54) is 12.1 Å². The molecule has 2 aromatic rings. The van der Waals surface area contributed by atoms with Crippen LogP contribution in [0.1, 0.15) is 47.4 Å². The Kier molecular flexibility index (Phi) is 6.16. The minimum Gasteiger partial charge on any atom is -0.507 e. The highest BCUT2D eigenvalue weighted by Crippen LogP contribution is 2.31. The van der Waals surface area contributed by atoms with Gasteiger partial charge in [-0.1, -0.05) is 6.07 Å². The van der Waals surface area contributed by atoms with Crippen molar-refractivity contribution >= 4 is 29.1 Å². The normalized spacial score (nSPS) is 12.9. The highest BCUT2D eigenvalue weighted by molar-refractivity contribution is 6.08. The van der Waals surface area contributed by atoms with Crippen molar-refractivity contribution in [1.29, 1.82) is 0 Å². The van der Waals surface area contributed by atoms with Crippen LogP contribution in [0.5, 0.6) is 5.75 Å². The molecule has 3 N–H and O–H groups in total. The molecule has 0 aromatic heterocycles. The molecule has 7 heteroatoms. The Morgan fingerprint density at radius 2 is 1.69 bits per heavy atom. The van der Waals surface area contributed by atoms with Crippen molar-refractivity contribution < 1.29 is 19.5 Å². The van der Waals surface area contributed by atoms with E-state index < -0.39 is 5.91 Å². The number of amides is 3. The quantitative estimate of drug-likeness (QED) is 0.625. The summed E-state index contributed by atoms with van der Waals surface area (Å²) in [5.74, 6) is -0.879. The molecule has 1 aliphatic carbocycles. The Morgan fingerprint density at radius 1 is 1.00 bits per heavy atom. The van der Waals surface area contributed by atoms with E-state index in [-0.39, 0.29) is 29.0 Å². The number of hydrogen-bond donors (Lipinski definition) is 3. The monoisotopic (exact) mass is 395 g/mol. The number of hydrogen-bond acceptors (Lipinski definition) is 4. The van der Waals surface area contributed by atoms with Gasteiger partial charge in [0.05, 0.1) is 5.56 Å². The fourth-order valence-electron chi connectivity index (χ4n) is 3.01. The van der Waals surface area contributed by atoms with Crippen LogP contribution in [0.4, 0.5) is 11.4 Å². The molecule has 3 amide bonds. The summed E-state index contributed by atoms with van der Waals surface area (Å²) in [5, 5.41) is 15.5. The van der Waals surface area contributed by atoms with Crippen LogP contribution in [0, 0.1) is 5.92 Å². The molecule has 1 saturated carbocycles. The summed E-state index contributed by atoms with van der Waals surface area (Å²) in [4.78, 5) is 38.8. The molecular weight excluding hydrogens is 370 g/mol. The lowest BCUT2D eigenvalue weighted by atomic mass is 10.1. The molecule has 0 atom stereocenters. The SMILES string of the molecule is CCN(CC)C(=O)c1cccc(NC(=O)c2cc(NC(=O)C3CC3)ccc2O)c1. The van der Waals surface area contributed by atoms with Crippen LogP contribution >= 0.6 is 0 Å². The zero-order chi connectivity index (χ0) is 21.0. The zero-order valence-electron chi connectivity index (χ0n) is 16.6. The summed E-state index contributed by atoms with van der Waals surface area (Å²) in [5.41, 5.74) is 1.41. The second-order valence-corrected chi connectivity index (χ2v) is 7.01. The number of carbonyl (C=O) groups excluding carboxylic acids is 3. The smallest absolute Gasteiger partial charge is 0.259 e. The van der Waals surface area contributed by atoms with Gasteiger partial charge in [0, 0.05) is 35.9 Å². The molecule has 0 spiro atoms. The Bertz CT molecular complexity index is 933. The number of phenols is 1. The first kappa shape index (κ1) is 20.4. The molecule has 1 aliphatic rings. The van der Waals surface area contributed by atoms with Crippen LogP contribution in [0.3, 0.4) is 0 Å². The fourth-order valence-corrected chi connectivity index (χ4v) is 3.01. The average molecular weight is 395 g/mol. The molecule has 0 bridgehead atoms. The molecule has 0 heterocycles. The first-order chi connectivity index (χ1) is 13.9. The van der Waals surface area contributed by atoms with Gasteiger partial charge in [-0.25, -0.2) is 0 Å². The Balaban J connectivity index is 1.75. The van der Waals surface area contributed by atoms with Crippen molar-refractivity contribution in [1.82, 2.24) is 4.90 Å². The molecule has 7 nitrogen and oxygen atoms in total. The van der Waals surface area contributed by atoms with Gasteiger partial charge in [0.25, 0.3) is 11.8 Å². The summed E-state index contributed by atoms with van der Waals surface area (Å²) in [6, 6.07) is 11.0. The summed E-state index contributed by atoms with van der Waals surface area (Å²) in [6.45, 7) is 5.01. The maximum absolute atomic E-state index is 12.7. The average Bonchev–Trinajstić information content (AvgIpc) is 3.56. The third-order valence-corrected chi connectivity index (χ3v) is 4.87. The number of aromatic hydroxyl groups is 1. The minimum atomic E-state index is -0.530. The Morgan fingerprint density at radius 3 is 2.34 bits per heavy atom. The van der Waals surface area contributed by atoms with Gasteiger partial charge in [-0.2, -0.15) is 0 Å². The molecule has 0 unspecified atom stereocenters. The molecule has 0 radical (unpaired) electrons. The molecule has 2 aromatic carbocycles. The van der Waals surface area contributed by atoms with Crippen molar-refractivity contribution in [2.45, 2.75) is 26.7 Å². The fraction of sp³-hybridized carbons (Fsp3) is 0.318. The topological polar surface area (TPSA) is 98.7 Å². The summed E-state index contributed by atoms with van der Waals surface area (Å²) < 4.78 is 0. The van der Waals surface area contributed by atoms with Crippen molar-refractivity contribution in [3.63, 3.8) is 0 Å². The third-order valence-electron chi connectivity index (χ3n) is 4.87. The predicted molar refractivity (Wildman–Crippen MR) is 111 cm³/mol. The van der Waals surface area contributed by atoms with Crippen LogP contribution in [0.2, 0.25) is 0 Å². The molecule has 1 fully saturated rings. The van der Waals surface area contributed by atoms with E-state index in [2.05, 4.69) is 10.6 Å². The molecule has 29 heavy (non-hydrogen) atoms. The first-order valence-corrected chi connectivity index (χ1v) is 9.77. The Labute approximate surface area is 169 Å². The maximum atomic E-state index is 12.7. The van der Waals surface area contributed by atoms with Crippen LogP contribution in [0.25, 0.3) is 0 Å². The maximum Gasteiger partial charge on any atom is 0.259 e. The number of phenolic OH excluding ortho intramolecular Hbond substituents is 1. The lowest BCUT2D eigenvalue weighted by molar-refractivity contribution is -0.117. The van der Waals surface area contributed by atoms with Crippen molar-refractivity contribution in [2.75, 3.05) is 23.7 Å². The Hall–Kier alpha value is -3.35. The summed E-state index contributed by atoms with van der Waals surface area (Å²) in [7, 11) is 0. The largest absolute Gasteiger partial charge is 0.507 e. The number of rotatable bonds is 7. The van der Waals surface area contributed by atoms with Crippen molar-refractivity contribution in [3.05, 3.63) is 53.6 Å². The first-order valence-electron chi connectivity index (χ1n) is 9.77. The molecule has 0 aliphatic heterocycles. The number of carbonyl (C=O) groups is 3. The standard InChI is InChI=1S/C22H25N3O4/c1-3-25(4-2)22(29)15-6-5-7-16(12-15)24-21(28)18-13-17(10-11-19(18)26)23-20(27)14-8-9-14/h5-7,10-14,26H,3-4,8-9H2,1-2H3,(H,23,27)(H,24,28). The van der Waals surface area contributed by atoms with Crippen LogP contribution in [0.15, 0.2) is 42.5 Å². The van der Waals surface area contributed by atoms with E-state index in [1.807, 2.05) is 13.8 Å².